The number of ketones is 1. The normalized spacial score (nSPS) is 33.6. The van der Waals surface area contributed by atoms with E-state index >= 15 is 0 Å². The molecule has 2 rings (SSSR count). The van der Waals surface area contributed by atoms with Crippen molar-refractivity contribution in [3.8, 4) is 0 Å². The van der Waals surface area contributed by atoms with E-state index in [-0.39, 0.29) is 11.5 Å². The van der Waals surface area contributed by atoms with E-state index in [1.807, 2.05) is 0 Å². The van der Waals surface area contributed by atoms with Gasteiger partial charge in [-0.2, -0.15) is 0 Å². The van der Waals surface area contributed by atoms with Gasteiger partial charge >= 0.3 is 0 Å². The maximum absolute atomic E-state index is 11.6. The minimum atomic E-state index is -0.119. The fourth-order valence-electron chi connectivity index (χ4n) is 2.98. The Hall–Kier alpha value is -0.370. The van der Waals surface area contributed by atoms with E-state index in [1.54, 1.807) is 0 Å². The van der Waals surface area contributed by atoms with Gasteiger partial charge in [-0.15, -0.1) is 0 Å². The number of nitrogens with two attached hydrogens (primary N) is 1. The summed E-state index contributed by atoms with van der Waals surface area (Å²) in [7, 11) is 0. The molecule has 2 fully saturated rings. The Morgan fingerprint density at radius 3 is 2.38 bits per heavy atom. The van der Waals surface area contributed by atoms with Crippen LogP contribution in [-0.4, -0.2) is 11.3 Å². The van der Waals surface area contributed by atoms with E-state index in [2.05, 4.69) is 0 Å². The molecule has 2 heteroatoms. The van der Waals surface area contributed by atoms with Gasteiger partial charge in [0.1, 0.15) is 5.78 Å². The zero-order valence-electron chi connectivity index (χ0n) is 8.22. The van der Waals surface area contributed by atoms with Crippen LogP contribution in [0.25, 0.3) is 0 Å². The first-order valence-corrected chi connectivity index (χ1v) is 5.54. The summed E-state index contributed by atoms with van der Waals surface area (Å²) in [6.45, 7) is 0. The average Bonchev–Trinajstić information content (AvgIpc) is 2.53. The van der Waals surface area contributed by atoms with Crippen LogP contribution in [0.15, 0.2) is 0 Å². The highest BCUT2D eigenvalue weighted by atomic mass is 16.1. The van der Waals surface area contributed by atoms with Gasteiger partial charge in [0.05, 0.1) is 0 Å². The molecule has 0 spiro atoms. The van der Waals surface area contributed by atoms with Crippen LogP contribution in [0.5, 0.6) is 0 Å². The summed E-state index contributed by atoms with van der Waals surface area (Å²) in [5.41, 5.74) is 6.21. The van der Waals surface area contributed by atoms with Crippen LogP contribution in [0.1, 0.15) is 51.4 Å². The number of hydrogen-bond donors (Lipinski definition) is 1. The van der Waals surface area contributed by atoms with Gasteiger partial charge in [0, 0.05) is 17.9 Å². The van der Waals surface area contributed by atoms with Gasteiger partial charge < -0.3 is 5.73 Å². The minimum Gasteiger partial charge on any atom is -0.324 e. The molecule has 0 bridgehead atoms. The van der Waals surface area contributed by atoms with E-state index in [9.17, 15) is 4.79 Å². The summed E-state index contributed by atoms with van der Waals surface area (Å²) >= 11 is 0. The maximum Gasteiger partial charge on any atom is 0.137 e. The van der Waals surface area contributed by atoms with Crippen molar-refractivity contribution in [3.05, 3.63) is 0 Å². The topological polar surface area (TPSA) is 43.1 Å². The predicted molar refractivity (Wildman–Crippen MR) is 52.4 cm³/mol. The average molecular weight is 181 g/mol. The SMILES string of the molecule is NC1(C2CCCC2=O)CCCCC1. The van der Waals surface area contributed by atoms with Crippen LogP contribution in [0.4, 0.5) is 0 Å². The number of carbonyl (C=O) groups is 1. The largest absolute Gasteiger partial charge is 0.324 e. The lowest BCUT2D eigenvalue weighted by molar-refractivity contribution is -0.122. The van der Waals surface area contributed by atoms with Crippen LogP contribution in [0.3, 0.4) is 0 Å². The molecule has 13 heavy (non-hydrogen) atoms. The predicted octanol–water partition coefficient (Wildman–Crippen LogP) is 2.02. The molecule has 0 aromatic heterocycles. The van der Waals surface area contributed by atoms with Gasteiger partial charge in [0.15, 0.2) is 0 Å². The van der Waals surface area contributed by atoms with Gasteiger partial charge in [-0.1, -0.05) is 19.3 Å². The molecule has 2 nitrogen and oxygen atoms in total. The summed E-state index contributed by atoms with van der Waals surface area (Å²) in [5.74, 6) is 0.636. The Balaban J connectivity index is 2.07. The first-order valence-electron chi connectivity index (χ1n) is 5.54. The van der Waals surface area contributed by atoms with Crippen LogP contribution in [0.2, 0.25) is 0 Å². The van der Waals surface area contributed by atoms with Crippen molar-refractivity contribution < 1.29 is 4.79 Å². The third-order valence-electron chi connectivity index (χ3n) is 3.78. The number of hydrogen-bond acceptors (Lipinski definition) is 2. The molecule has 0 aromatic carbocycles. The fraction of sp³-hybridized carbons (Fsp3) is 0.909. The van der Waals surface area contributed by atoms with E-state index < -0.39 is 0 Å². The maximum atomic E-state index is 11.6. The molecule has 0 saturated heterocycles. The molecule has 2 aliphatic carbocycles. The quantitative estimate of drug-likeness (QED) is 0.672. The van der Waals surface area contributed by atoms with E-state index in [4.69, 9.17) is 5.73 Å². The molecule has 0 aliphatic heterocycles. The number of rotatable bonds is 1. The van der Waals surface area contributed by atoms with Crippen LogP contribution >= 0.6 is 0 Å². The summed E-state index contributed by atoms with van der Waals surface area (Å²) in [6, 6.07) is 0. The Bertz CT molecular complexity index is 206. The first-order chi connectivity index (χ1) is 6.22. The molecule has 2 aliphatic rings. The van der Waals surface area contributed by atoms with Crippen LogP contribution in [0, 0.1) is 5.92 Å². The van der Waals surface area contributed by atoms with E-state index in [0.29, 0.717) is 5.78 Å². The van der Waals surface area contributed by atoms with Gasteiger partial charge in [-0.3, -0.25) is 4.79 Å². The van der Waals surface area contributed by atoms with Crippen molar-refractivity contribution in [2.24, 2.45) is 11.7 Å². The van der Waals surface area contributed by atoms with Crippen molar-refractivity contribution in [2.45, 2.75) is 56.9 Å². The summed E-state index contributed by atoms with van der Waals surface area (Å²) < 4.78 is 0. The molecular weight excluding hydrogens is 162 g/mol. The van der Waals surface area contributed by atoms with Crippen molar-refractivity contribution >= 4 is 5.78 Å². The second-order valence-corrected chi connectivity index (χ2v) is 4.70. The Morgan fingerprint density at radius 1 is 1.15 bits per heavy atom. The molecule has 2 N–H and O–H groups in total. The zero-order chi connectivity index (χ0) is 9.31. The molecular formula is C11H19NO. The van der Waals surface area contributed by atoms with Gasteiger partial charge in [0.2, 0.25) is 0 Å². The lowest BCUT2D eigenvalue weighted by Crippen LogP contribution is -2.50. The number of carbonyl (C=O) groups excluding carboxylic acids is 1. The smallest absolute Gasteiger partial charge is 0.137 e. The summed E-state index contributed by atoms with van der Waals surface area (Å²) in [6.07, 6.45) is 8.80. The number of Topliss-reactive ketones (excluding diaryl/α,β-unsaturated/α-hetero) is 1. The van der Waals surface area contributed by atoms with Gasteiger partial charge in [-0.25, -0.2) is 0 Å². The van der Waals surface area contributed by atoms with Crippen molar-refractivity contribution in [3.63, 3.8) is 0 Å². The lowest BCUT2D eigenvalue weighted by Gasteiger charge is -2.37. The summed E-state index contributed by atoms with van der Waals surface area (Å²) in [4.78, 5) is 11.6. The van der Waals surface area contributed by atoms with Crippen molar-refractivity contribution in [1.29, 1.82) is 0 Å². The molecule has 1 atom stereocenters. The third-order valence-corrected chi connectivity index (χ3v) is 3.78. The first kappa shape index (κ1) is 9.20. The second-order valence-electron chi connectivity index (χ2n) is 4.70. The van der Waals surface area contributed by atoms with Crippen LogP contribution in [-0.2, 0) is 4.79 Å². The lowest BCUT2D eigenvalue weighted by atomic mass is 9.72. The zero-order valence-corrected chi connectivity index (χ0v) is 8.22. The fourth-order valence-corrected chi connectivity index (χ4v) is 2.98. The molecule has 0 amide bonds. The highest BCUT2D eigenvalue weighted by Crippen LogP contribution is 2.38. The molecule has 0 aromatic rings. The van der Waals surface area contributed by atoms with Gasteiger partial charge in [0.25, 0.3) is 0 Å². The Kier molecular flexibility index (Phi) is 2.41. The van der Waals surface area contributed by atoms with Crippen molar-refractivity contribution in [1.82, 2.24) is 0 Å². The minimum absolute atomic E-state index is 0.119. The molecule has 1 unspecified atom stereocenters. The highest BCUT2D eigenvalue weighted by Gasteiger charge is 2.41. The van der Waals surface area contributed by atoms with Crippen molar-refractivity contribution in [2.75, 3.05) is 0 Å². The van der Waals surface area contributed by atoms with E-state index in [0.717, 1.165) is 32.1 Å². The molecule has 0 radical (unpaired) electrons. The molecule has 0 heterocycles. The monoisotopic (exact) mass is 181 g/mol. The van der Waals surface area contributed by atoms with E-state index in [1.165, 1.54) is 19.3 Å². The van der Waals surface area contributed by atoms with Gasteiger partial charge in [-0.05, 0) is 25.7 Å². The Morgan fingerprint density at radius 2 is 1.85 bits per heavy atom. The summed E-state index contributed by atoms with van der Waals surface area (Å²) in [5, 5.41) is 0. The standard InChI is InChI=1S/C11H19NO/c12-11(7-2-1-3-8-11)9-5-4-6-10(9)13/h9H,1-8,12H2. The molecule has 2 saturated carbocycles. The second kappa shape index (κ2) is 3.41. The highest BCUT2D eigenvalue weighted by molar-refractivity contribution is 5.84. The molecule has 74 valence electrons. The van der Waals surface area contributed by atoms with Crippen LogP contribution < -0.4 is 5.73 Å². The Labute approximate surface area is 79.9 Å². The third kappa shape index (κ3) is 1.64.